The molecule has 0 aromatic rings. The molecule has 1 unspecified atom stereocenters. The smallest absolute Gasteiger partial charge is 0.0304 e. The molecule has 1 fully saturated rings. The van der Waals surface area contributed by atoms with E-state index in [4.69, 9.17) is 0 Å². The van der Waals surface area contributed by atoms with Crippen molar-refractivity contribution in [2.24, 2.45) is 0 Å². The summed E-state index contributed by atoms with van der Waals surface area (Å²) in [5.74, 6) is 2.30. The van der Waals surface area contributed by atoms with Crippen LogP contribution in [0, 0.1) is 0 Å². The van der Waals surface area contributed by atoms with Crippen LogP contribution in [0.15, 0.2) is 12.7 Å². The summed E-state index contributed by atoms with van der Waals surface area (Å²) in [5, 5.41) is 3.75. The van der Waals surface area contributed by atoms with E-state index in [0.717, 1.165) is 12.3 Å². The van der Waals surface area contributed by atoms with Crippen LogP contribution in [-0.4, -0.2) is 47.6 Å². The van der Waals surface area contributed by atoms with Crippen LogP contribution in [0.25, 0.3) is 0 Å². The van der Waals surface area contributed by atoms with Crippen LogP contribution >= 0.6 is 11.8 Å². The highest BCUT2D eigenvalue weighted by Gasteiger charge is 2.34. The molecule has 1 heterocycles. The van der Waals surface area contributed by atoms with Gasteiger partial charge in [0.2, 0.25) is 0 Å². The van der Waals surface area contributed by atoms with Gasteiger partial charge in [0.1, 0.15) is 0 Å². The van der Waals surface area contributed by atoms with E-state index in [-0.39, 0.29) is 0 Å². The number of hydrogen-bond acceptors (Lipinski definition) is 3. The number of hydrogen-bond donors (Lipinski definition) is 1. The molecule has 1 aliphatic heterocycles. The number of thioether (sulfide) groups is 1. The number of nitrogens with one attached hydrogen (secondary N) is 1. The first-order chi connectivity index (χ1) is 8.17. The molecule has 0 spiro atoms. The lowest BCUT2D eigenvalue weighted by atomic mass is 9.89. The van der Waals surface area contributed by atoms with Gasteiger partial charge in [-0.25, -0.2) is 0 Å². The summed E-state index contributed by atoms with van der Waals surface area (Å²) >= 11 is 1.98. The Morgan fingerprint density at radius 2 is 2.18 bits per heavy atom. The fourth-order valence-corrected chi connectivity index (χ4v) is 3.16. The highest BCUT2D eigenvalue weighted by Crippen LogP contribution is 2.22. The Bertz CT molecular complexity index is 226. The van der Waals surface area contributed by atoms with Crippen LogP contribution in [0.1, 0.15) is 33.6 Å². The van der Waals surface area contributed by atoms with Crippen molar-refractivity contribution < 1.29 is 0 Å². The van der Waals surface area contributed by atoms with Gasteiger partial charge in [0.15, 0.2) is 0 Å². The molecule has 0 bridgehead atoms. The van der Waals surface area contributed by atoms with Crippen molar-refractivity contribution in [3.8, 4) is 0 Å². The first-order valence-corrected chi connectivity index (χ1v) is 8.00. The molecule has 0 aliphatic carbocycles. The van der Waals surface area contributed by atoms with Gasteiger partial charge in [-0.15, -0.1) is 6.58 Å². The fraction of sp³-hybridized carbons (Fsp3) is 0.857. The van der Waals surface area contributed by atoms with Gasteiger partial charge < -0.3 is 5.32 Å². The molecule has 1 saturated heterocycles. The Morgan fingerprint density at radius 3 is 2.76 bits per heavy atom. The van der Waals surface area contributed by atoms with Crippen molar-refractivity contribution >= 4 is 11.8 Å². The van der Waals surface area contributed by atoms with E-state index in [0.29, 0.717) is 11.6 Å². The highest BCUT2D eigenvalue weighted by molar-refractivity contribution is 7.99. The standard InChI is InChI=1S/C14H28N2S/c1-5-9-17-10-8-16-12-14(6-2,7-3)15-11-13(16)4/h5,13,15H,1,6-12H2,2-4H3. The molecule has 0 amide bonds. The molecule has 1 atom stereocenters. The van der Waals surface area contributed by atoms with E-state index in [9.17, 15) is 0 Å². The summed E-state index contributed by atoms with van der Waals surface area (Å²) in [6.07, 6.45) is 4.45. The van der Waals surface area contributed by atoms with Gasteiger partial charge in [0, 0.05) is 42.7 Å². The summed E-state index contributed by atoms with van der Waals surface area (Å²) < 4.78 is 0. The van der Waals surface area contributed by atoms with Crippen molar-refractivity contribution in [1.29, 1.82) is 0 Å². The van der Waals surface area contributed by atoms with Crippen LogP contribution in [0.5, 0.6) is 0 Å². The van der Waals surface area contributed by atoms with E-state index in [1.165, 1.54) is 31.7 Å². The zero-order valence-corrected chi connectivity index (χ0v) is 12.5. The molecule has 0 aromatic heterocycles. The van der Waals surface area contributed by atoms with Crippen LogP contribution < -0.4 is 5.32 Å². The van der Waals surface area contributed by atoms with Crippen molar-refractivity contribution in [2.45, 2.75) is 45.2 Å². The maximum Gasteiger partial charge on any atom is 0.0304 e. The lowest BCUT2D eigenvalue weighted by Crippen LogP contribution is -2.63. The third-order valence-electron chi connectivity index (χ3n) is 4.01. The molecule has 1 aliphatic rings. The summed E-state index contributed by atoms with van der Waals surface area (Å²) in [4.78, 5) is 2.65. The van der Waals surface area contributed by atoms with Gasteiger partial charge in [-0.3, -0.25) is 4.90 Å². The minimum atomic E-state index is 0.357. The molecule has 2 nitrogen and oxygen atoms in total. The van der Waals surface area contributed by atoms with E-state index in [2.05, 4.69) is 37.6 Å². The molecular weight excluding hydrogens is 228 g/mol. The molecule has 3 heteroatoms. The second-order valence-corrected chi connectivity index (χ2v) is 6.20. The Labute approximate surface area is 111 Å². The van der Waals surface area contributed by atoms with Crippen molar-refractivity contribution in [1.82, 2.24) is 10.2 Å². The molecule has 1 rings (SSSR count). The van der Waals surface area contributed by atoms with Gasteiger partial charge in [-0.2, -0.15) is 11.8 Å². The normalized spacial score (nSPS) is 24.8. The second kappa shape index (κ2) is 7.45. The Hall–Kier alpha value is 0.01000. The quantitative estimate of drug-likeness (QED) is 0.557. The maximum absolute atomic E-state index is 3.77. The Kier molecular flexibility index (Phi) is 6.60. The van der Waals surface area contributed by atoms with Gasteiger partial charge in [0.25, 0.3) is 0 Å². The van der Waals surface area contributed by atoms with Crippen molar-refractivity contribution in [3.63, 3.8) is 0 Å². The SMILES string of the molecule is C=CCSCCN1CC(CC)(CC)NCC1C. The zero-order valence-electron chi connectivity index (χ0n) is 11.7. The predicted molar refractivity (Wildman–Crippen MR) is 79.9 cm³/mol. The monoisotopic (exact) mass is 256 g/mol. The third kappa shape index (κ3) is 4.31. The number of piperazine rings is 1. The minimum absolute atomic E-state index is 0.357. The molecule has 0 aromatic carbocycles. The first kappa shape index (κ1) is 15.1. The summed E-state index contributed by atoms with van der Waals surface area (Å²) in [6, 6.07) is 0.672. The van der Waals surface area contributed by atoms with Gasteiger partial charge in [-0.05, 0) is 19.8 Å². The van der Waals surface area contributed by atoms with Gasteiger partial charge in [-0.1, -0.05) is 19.9 Å². The van der Waals surface area contributed by atoms with E-state index >= 15 is 0 Å². The fourth-order valence-electron chi connectivity index (χ4n) is 2.47. The van der Waals surface area contributed by atoms with Crippen LogP contribution in [0.2, 0.25) is 0 Å². The highest BCUT2D eigenvalue weighted by atomic mass is 32.2. The van der Waals surface area contributed by atoms with E-state index in [1.54, 1.807) is 0 Å². The molecular formula is C14H28N2S. The van der Waals surface area contributed by atoms with Crippen LogP contribution in [0.4, 0.5) is 0 Å². The average molecular weight is 256 g/mol. The maximum atomic E-state index is 3.77. The molecule has 0 radical (unpaired) electrons. The molecule has 0 saturated carbocycles. The minimum Gasteiger partial charge on any atom is -0.308 e. The second-order valence-electron chi connectivity index (χ2n) is 5.05. The van der Waals surface area contributed by atoms with Crippen LogP contribution in [0.3, 0.4) is 0 Å². The van der Waals surface area contributed by atoms with Crippen molar-refractivity contribution in [3.05, 3.63) is 12.7 Å². The number of nitrogens with zero attached hydrogens (tertiary/aromatic N) is 1. The molecule has 17 heavy (non-hydrogen) atoms. The largest absolute Gasteiger partial charge is 0.308 e. The van der Waals surface area contributed by atoms with Crippen LogP contribution in [-0.2, 0) is 0 Å². The molecule has 100 valence electrons. The Morgan fingerprint density at radius 1 is 1.47 bits per heavy atom. The predicted octanol–water partition coefficient (Wildman–Crippen LogP) is 2.76. The summed E-state index contributed by atoms with van der Waals surface area (Å²) in [5.41, 5.74) is 0.357. The summed E-state index contributed by atoms with van der Waals surface area (Å²) in [6.45, 7) is 14.3. The zero-order chi connectivity index (χ0) is 12.7. The lowest BCUT2D eigenvalue weighted by Gasteiger charge is -2.46. The van der Waals surface area contributed by atoms with E-state index in [1.807, 2.05) is 17.8 Å². The molecule has 1 N–H and O–H groups in total. The third-order valence-corrected chi connectivity index (χ3v) is 4.96. The first-order valence-electron chi connectivity index (χ1n) is 6.85. The Balaban J connectivity index is 2.42. The van der Waals surface area contributed by atoms with E-state index < -0.39 is 0 Å². The summed E-state index contributed by atoms with van der Waals surface area (Å²) in [7, 11) is 0. The topological polar surface area (TPSA) is 15.3 Å². The van der Waals surface area contributed by atoms with Gasteiger partial charge >= 0.3 is 0 Å². The van der Waals surface area contributed by atoms with Gasteiger partial charge in [0.05, 0.1) is 0 Å². The van der Waals surface area contributed by atoms with Crippen molar-refractivity contribution in [2.75, 3.05) is 31.1 Å². The lowest BCUT2D eigenvalue weighted by molar-refractivity contribution is 0.0868. The average Bonchev–Trinajstić information content (AvgIpc) is 2.37. The number of rotatable bonds is 7.